The lowest BCUT2D eigenvalue weighted by Crippen LogP contribution is -2.36. The topological polar surface area (TPSA) is 93.5 Å². The fraction of sp³-hybridized carbons (Fsp3) is 0.385. The van der Waals surface area contributed by atoms with Gasteiger partial charge in [-0.05, 0) is 26.0 Å². The molecule has 1 aromatic rings. The molecule has 0 aliphatic heterocycles. The van der Waals surface area contributed by atoms with Crippen LogP contribution in [0.4, 0.5) is 5.69 Å². The van der Waals surface area contributed by atoms with Crippen LogP contribution in [0.2, 0.25) is 0 Å². The van der Waals surface area contributed by atoms with Gasteiger partial charge in [-0.3, -0.25) is 9.59 Å². The van der Waals surface area contributed by atoms with Crippen LogP contribution in [-0.2, 0) is 4.79 Å². The summed E-state index contributed by atoms with van der Waals surface area (Å²) in [5.41, 5.74) is 6.50. The lowest BCUT2D eigenvalue weighted by Gasteiger charge is -2.09. The van der Waals surface area contributed by atoms with Gasteiger partial charge in [-0.25, -0.2) is 0 Å². The van der Waals surface area contributed by atoms with E-state index < -0.39 is 0 Å². The molecule has 1 rings (SSSR count). The molecule has 0 unspecified atom stereocenters. The second kappa shape index (κ2) is 7.25. The van der Waals surface area contributed by atoms with Gasteiger partial charge in [-0.1, -0.05) is 0 Å². The number of nitrogens with two attached hydrogens (primary N) is 1. The quantitative estimate of drug-likeness (QED) is 0.654. The fourth-order valence-electron chi connectivity index (χ4n) is 1.53. The summed E-state index contributed by atoms with van der Waals surface area (Å²) in [5.74, 6) is -0.0602. The van der Waals surface area contributed by atoms with Gasteiger partial charge < -0.3 is 21.1 Å². The number of hydrogen-bond donors (Lipinski definition) is 3. The maximum absolute atomic E-state index is 11.9. The summed E-state index contributed by atoms with van der Waals surface area (Å²) in [7, 11) is 0. The van der Waals surface area contributed by atoms with Crippen LogP contribution in [0.5, 0.6) is 5.75 Å². The van der Waals surface area contributed by atoms with Gasteiger partial charge in [0.1, 0.15) is 5.75 Å². The van der Waals surface area contributed by atoms with Crippen LogP contribution in [-0.4, -0.2) is 31.5 Å². The third kappa shape index (κ3) is 4.87. The Labute approximate surface area is 112 Å². The van der Waals surface area contributed by atoms with E-state index in [-0.39, 0.29) is 18.4 Å². The molecule has 0 fully saturated rings. The molecule has 0 saturated carbocycles. The summed E-state index contributed by atoms with van der Waals surface area (Å²) < 4.78 is 5.30. The minimum Gasteiger partial charge on any atom is -0.494 e. The Morgan fingerprint density at radius 3 is 2.58 bits per heavy atom. The van der Waals surface area contributed by atoms with E-state index in [4.69, 9.17) is 10.5 Å². The normalized spacial score (nSPS) is 9.79. The minimum absolute atomic E-state index is 0.0640. The van der Waals surface area contributed by atoms with Crippen molar-refractivity contribution in [3.63, 3.8) is 0 Å². The van der Waals surface area contributed by atoms with Crippen LogP contribution in [0, 0.1) is 0 Å². The number of likely N-dealkylation sites (N-methyl/N-ethyl adjacent to an activating group) is 1. The lowest BCUT2D eigenvalue weighted by atomic mass is 10.1. The average molecular weight is 265 g/mol. The number of amides is 2. The summed E-state index contributed by atoms with van der Waals surface area (Å²) in [4.78, 5) is 23.1. The molecule has 0 aromatic heterocycles. The standard InChI is InChI=1S/C13H19N3O3/c1-3-15-12(17)8-16-13(18)9-5-10(14)7-11(6-9)19-4-2/h5-7H,3-4,8,14H2,1-2H3,(H,15,17)(H,16,18). The molecule has 0 heterocycles. The van der Waals surface area contributed by atoms with Crippen molar-refractivity contribution in [2.24, 2.45) is 0 Å². The highest BCUT2D eigenvalue weighted by Crippen LogP contribution is 2.18. The summed E-state index contributed by atoms with van der Waals surface area (Å²) >= 11 is 0. The van der Waals surface area contributed by atoms with Gasteiger partial charge in [0.2, 0.25) is 5.91 Å². The van der Waals surface area contributed by atoms with Gasteiger partial charge in [-0.15, -0.1) is 0 Å². The number of benzene rings is 1. The van der Waals surface area contributed by atoms with E-state index in [9.17, 15) is 9.59 Å². The molecule has 0 atom stereocenters. The number of nitrogen functional groups attached to an aromatic ring is 1. The molecule has 104 valence electrons. The smallest absolute Gasteiger partial charge is 0.251 e. The number of ether oxygens (including phenoxy) is 1. The van der Waals surface area contributed by atoms with Crippen molar-refractivity contribution >= 4 is 17.5 Å². The minimum atomic E-state index is -0.362. The number of carbonyl (C=O) groups is 2. The highest BCUT2D eigenvalue weighted by Gasteiger charge is 2.10. The number of carbonyl (C=O) groups excluding carboxylic acids is 2. The van der Waals surface area contributed by atoms with Crippen LogP contribution in [0.1, 0.15) is 24.2 Å². The SMILES string of the molecule is CCNC(=O)CNC(=O)c1cc(N)cc(OCC)c1. The second-order valence-electron chi connectivity index (χ2n) is 3.86. The van der Waals surface area contributed by atoms with Crippen LogP contribution < -0.4 is 21.1 Å². The summed E-state index contributed by atoms with van der Waals surface area (Å²) in [6.07, 6.45) is 0. The zero-order valence-corrected chi connectivity index (χ0v) is 11.2. The highest BCUT2D eigenvalue weighted by molar-refractivity contribution is 5.97. The summed E-state index contributed by atoms with van der Waals surface area (Å²) in [6.45, 7) is 4.61. The van der Waals surface area contributed by atoms with Gasteiger partial charge in [0.25, 0.3) is 5.91 Å². The maximum Gasteiger partial charge on any atom is 0.251 e. The first-order chi connectivity index (χ1) is 9.06. The van der Waals surface area contributed by atoms with Crippen molar-refractivity contribution in [3.05, 3.63) is 23.8 Å². The molecule has 1 aromatic carbocycles. The fourth-order valence-corrected chi connectivity index (χ4v) is 1.53. The molecule has 0 bridgehead atoms. The average Bonchev–Trinajstić information content (AvgIpc) is 2.36. The van der Waals surface area contributed by atoms with Crippen molar-refractivity contribution in [1.29, 1.82) is 0 Å². The Morgan fingerprint density at radius 2 is 1.95 bits per heavy atom. The van der Waals surface area contributed by atoms with Gasteiger partial charge in [0.15, 0.2) is 0 Å². The van der Waals surface area contributed by atoms with E-state index >= 15 is 0 Å². The first-order valence-electron chi connectivity index (χ1n) is 6.15. The third-order valence-electron chi connectivity index (χ3n) is 2.29. The Morgan fingerprint density at radius 1 is 1.21 bits per heavy atom. The molecule has 4 N–H and O–H groups in total. The molecule has 2 amide bonds. The van der Waals surface area contributed by atoms with Crippen LogP contribution in [0.3, 0.4) is 0 Å². The predicted molar refractivity (Wildman–Crippen MR) is 73.0 cm³/mol. The van der Waals surface area contributed by atoms with Crippen LogP contribution in [0.25, 0.3) is 0 Å². The molecular formula is C13H19N3O3. The monoisotopic (exact) mass is 265 g/mol. The zero-order chi connectivity index (χ0) is 14.3. The number of nitrogens with one attached hydrogen (secondary N) is 2. The summed E-state index contributed by atoms with van der Waals surface area (Å²) in [5, 5.41) is 5.11. The molecule has 19 heavy (non-hydrogen) atoms. The number of anilines is 1. The van der Waals surface area contributed by atoms with E-state index in [1.54, 1.807) is 12.1 Å². The van der Waals surface area contributed by atoms with Crippen LogP contribution >= 0.6 is 0 Å². The summed E-state index contributed by atoms with van der Waals surface area (Å²) in [6, 6.07) is 4.77. The first kappa shape index (κ1) is 14.8. The lowest BCUT2D eigenvalue weighted by molar-refractivity contribution is -0.120. The molecule has 0 spiro atoms. The van der Waals surface area contributed by atoms with Gasteiger partial charge in [0.05, 0.1) is 13.2 Å². The van der Waals surface area contributed by atoms with Crippen molar-refractivity contribution in [2.75, 3.05) is 25.4 Å². The van der Waals surface area contributed by atoms with Crippen molar-refractivity contribution in [3.8, 4) is 5.75 Å². The number of hydrogen-bond acceptors (Lipinski definition) is 4. The van der Waals surface area contributed by atoms with Crippen molar-refractivity contribution < 1.29 is 14.3 Å². The maximum atomic E-state index is 11.9. The van der Waals surface area contributed by atoms with E-state index in [2.05, 4.69) is 10.6 Å². The van der Waals surface area contributed by atoms with E-state index in [1.807, 2.05) is 13.8 Å². The van der Waals surface area contributed by atoms with Gasteiger partial charge in [0, 0.05) is 23.9 Å². The molecule has 6 heteroatoms. The van der Waals surface area contributed by atoms with E-state index in [0.717, 1.165) is 0 Å². The molecule has 0 saturated heterocycles. The van der Waals surface area contributed by atoms with Gasteiger partial charge in [-0.2, -0.15) is 0 Å². The third-order valence-corrected chi connectivity index (χ3v) is 2.29. The van der Waals surface area contributed by atoms with Crippen LogP contribution in [0.15, 0.2) is 18.2 Å². The molecule has 0 radical (unpaired) electrons. The molecular weight excluding hydrogens is 246 g/mol. The Bertz CT molecular complexity index is 460. The predicted octanol–water partition coefficient (Wildman–Crippen LogP) is 0.533. The largest absolute Gasteiger partial charge is 0.494 e. The second-order valence-corrected chi connectivity index (χ2v) is 3.86. The van der Waals surface area contributed by atoms with Crippen molar-refractivity contribution in [1.82, 2.24) is 10.6 Å². The Hall–Kier alpha value is -2.24. The van der Waals surface area contributed by atoms with E-state index in [1.165, 1.54) is 6.07 Å². The zero-order valence-electron chi connectivity index (χ0n) is 11.2. The highest BCUT2D eigenvalue weighted by atomic mass is 16.5. The van der Waals surface area contributed by atoms with E-state index in [0.29, 0.717) is 30.2 Å². The molecule has 0 aliphatic carbocycles. The van der Waals surface area contributed by atoms with Gasteiger partial charge >= 0.3 is 0 Å². The Balaban J connectivity index is 2.68. The molecule has 0 aliphatic rings. The number of rotatable bonds is 6. The van der Waals surface area contributed by atoms with Crippen molar-refractivity contribution in [2.45, 2.75) is 13.8 Å². The Kier molecular flexibility index (Phi) is 5.66. The molecule has 6 nitrogen and oxygen atoms in total. The first-order valence-corrected chi connectivity index (χ1v) is 6.15.